The van der Waals surface area contributed by atoms with Crippen LogP contribution in [0.4, 0.5) is 0 Å². The maximum Gasteiger partial charge on any atom is 0.337 e. The van der Waals surface area contributed by atoms with Crippen molar-refractivity contribution in [3.8, 4) is 0 Å². The highest BCUT2D eigenvalue weighted by molar-refractivity contribution is 6.76. The van der Waals surface area contributed by atoms with E-state index in [1.165, 1.54) is 43.7 Å². The van der Waals surface area contributed by atoms with Crippen LogP contribution in [0.2, 0.25) is 25.7 Å². The van der Waals surface area contributed by atoms with Crippen molar-refractivity contribution >= 4 is 20.0 Å². The Morgan fingerprint density at radius 3 is 1.74 bits per heavy atom. The van der Waals surface area contributed by atoms with Crippen LogP contribution in [0.3, 0.4) is 0 Å². The lowest BCUT2D eigenvalue weighted by Gasteiger charge is -2.24. The van der Waals surface area contributed by atoms with Crippen LogP contribution in [0, 0.1) is 0 Å². The summed E-state index contributed by atoms with van der Waals surface area (Å²) in [5.41, 5.74) is 6.72. The number of carbonyl (C=O) groups is 2. The molecular formula is C25H43NO4Si. The minimum atomic E-state index is -1.76. The Morgan fingerprint density at radius 2 is 1.26 bits per heavy atom. The van der Waals surface area contributed by atoms with Crippen molar-refractivity contribution in [2.75, 3.05) is 13.2 Å². The summed E-state index contributed by atoms with van der Waals surface area (Å²) in [7, 11) is -0.883. The molecule has 0 unspecified atom stereocenters. The van der Waals surface area contributed by atoms with E-state index in [0.29, 0.717) is 6.42 Å². The Hall–Kier alpha value is -1.66. The molecular weight excluding hydrogens is 406 g/mol. The van der Waals surface area contributed by atoms with E-state index in [4.69, 9.17) is 15.2 Å². The van der Waals surface area contributed by atoms with Gasteiger partial charge in [0.2, 0.25) is 5.54 Å². The van der Waals surface area contributed by atoms with Crippen LogP contribution in [0.1, 0.15) is 63.5 Å². The van der Waals surface area contributed by atoms with Gasteiger partial charge in [-0.1, -0.05) is 75.6 Å². The Labute approximate surface area is 190 Å². The van der Waals surface area contributed by atoms with Crippen molar-refractivity contribution in [3.05, 3.63) is 35.4 Å². The highest BCUT2D eigenvalue weighted by Crippen LogP contribution is 2.19. The predicted octanol–water partition coefficient (Wildman–Crippen LogP) is 5.27. The zero-order chi connectivity index (χ0) is 23.3. The highest BCUT2D eigenvalue weighted by Gasteiger charge is 2.44. The van der Waals surface area contributed by atoms with Gasteiger partial charge < -0.3 is 15.2 Å². The van der Waals surface area contributed by atoms with Gasteiger partial charge in [0.05, 0.1) is 13.2 Å². The molecule has 0 aromatic heterocycles. The van der Waals surface area contributed by atoms with Gasteiger partial charge in [0.25, 0.3) is 0 Å². The summed E-state index contributed by atoms with van der Waals surface area (Å²) in [5, 5.41) is 0. The molecule has 1 aromatic rings. The fourth-order valence-electron chi connectivity index (χ4n) is 3.54. The molecule has 176 valence electrons. The van der Waals surface area contributed by atoms with Gasteiger partial charge in [-0.25, -0.2) is 9.59 Å². The van der Waals surface area contributed by atoms with Gasteiger partial charge in [0.15, 0.2) is 0 Å². The summed E-state index contributed by atoms with van der Waals surface area (Å²) < 4.78 is 10.0. The average molecular weight is 450 g/mol. The minimum absolute atomic E-state index is 0.154. The van der Waals surface area contributed by atoms with Gasteiger partial charge in [0.1, 0.15) is 0 Å². The average Bonchev–Trinajstić information content (AvgIpc) is 2.71. The number of unbranched alkanes of at least 4 members (excludes halogenated alkanes) is 4. The first kappa shape index (κ1) is 27.4. The van der Waals surface area contributed by atoms with Crippen LogP contribution in [-0.4, -0.2) is 38.8 Å². The van der Waals surface area contributed by atoms with E-state index in [2.05, 4.69) is 43.9 Å². The molecule has 5 nitrogen and oxygen atoms in total. The molecule has 6 heteroatoms. The molecule has 0 saturated heterocycles. The number of ether oxygens (including phenoxy) is 2. The zero-order valence-corrected chi connectivity index (χ0v) is 21.3. The van der Waals surface area contributed by atoms with Crippen LogP contribution in [0.5, 0.6) is 0 Å². The van der Waals surface area contributed by atoms with Crippen molar-refractivity contribution in [3.63, 3.8) is 0 Å². The molecule has 0 amide bonds. The van der Waals surface area contributed by atoms with Crippen molar-refractivity contribution < 1.29 is 19.1 Å². The van der Waals surface area contributed by atoms with Crippen molar-refractivity contribution in [1.82, 2.24) is 0 Å². The van der Waals surface area contributed by atoms with Crippen LogP contribution >= 0.6 is 0 Å². The van der Waals surface area contributed by atoms with Crippen LogP contribution in [-0.2, 0) is 31.9 Å². The molecule has 0 spiro atoms. The summed E-state index contributed by atoms with van der Waals surface area (Å²) in [6.07, 6.45) is 8.29. The summed E-state index contributed by atoms with van der Waals surface area (Å²) in [5.74, 6) is -1.45. The molecule has 0 atom stereocenters. The third-order valence-corrected chi connectivity index (χ3v) is 7.36. The maximum atomic E-state index is 12.3. The monoisotopic (exact) mass is 449 g/mol. The molecule has 0 heterocycles. The largest absolute Gasteiger partial charge is 0.464 e. The number of hydrogen-bond donors (Lipinski definition) is 1. The quantitative estimate of drug-likeness (QED) is 0.171. The first-order valence-electron chi connectivity index (χ1n) is 11.8. The van der Waals surface area contributed by atoms with Crippen LogP contribution in [0.15, 0.2) is 24.3 Å². The first-order valence-corrected chi connectivity index (χ1v) is 15.5. The lowest BCUT2D eigenvalue weighted by Crippen LogP contribution is -2.57. The maximum absolute atomic E-state index is 12.3. The summed E-state index contributed by atoms with van der Waals surface area (Å²) >= 11 is 0. The number of rotatable bonds is 15. The molecule has 0 bridgehead atoms. The lowest BCUT2D eigenvalue weighted by molar-refractivity contribution is -0.164. The Bertz CT molecular complexity index is 649. The van der Waals surface area contributed by atoms with Crippen molar-refractivity contribution in [2.45, 2.75) is 96.4 Å². The minimum Gasteiger partial charge on any atom is -0.464 e. The van der Waals surface area contributed by atoms with Crippen LogP contribution < -0.4 is 5.73 Å². The molecule has 1 aromatic carbocycles. The number of benzene rings is 1. The van der Waals surface area contributed by atoms with Crippen molar-refractivity contribution in [1.29, 1.82) is 0 Å². The number of aryl methyl sites for hydroxylation is 2. The molecule has 2 N–H and O–H groups in total. The van der Waals surface area contributed by atoms with Gasteiger partial charge in [-0.15, -0.1) is 0 Å². The standard InChI is InChI=1S/C25H43NO4Si/c1-6-29-23(27)25(26,24(28)30-7-2)19-18-22-16-14-21(15-17-22)13-11-9-8-10-12-20-31(3,4)5/h14-17H,6-13,18-20,26H2,1-5H3. The van der Waals surface area contributed by atoms with E-state index in [9.17, 15) is 9.59 Å². The van der Waals surface area contributed by atoms with E-state index in [1.807, 2.05) is 0 Å². The molecule has 0 aliphatic carbocycles. The number of carbonyl (C=O) groups excluding carboxylic acids is 2. The molecule has 0 radical (unpaired) electrons. The van der Waals surface area contributed by atoms with Gasteiger partial charge >= 0.3 is 11.9 Å². The number of nitrogens with two attached hydrogens (primary N) is 1. The Kier molecular flexibility index (Phi) is 12.1. The van der Waals surface area contributed by atoms with Crippen LogP contribution in [0.25, 0.3) is 0 Å². The molecule has 31 heavy (non-hydrogen) atoms. The third kappa shape index (κ3) is 10.5. The summed E-state index contributed by atoms with van der Waals surface area (Å²) in [6.45, 7) is 11.0. The number of hydrogen-bond acceptors (Lipinski definition) is 5. The van der Waals surface area contributed by atoms with Gasteiger partial charge in [0, 0.05) is 8.07 Å². The second-order valence-electron chi connectivity index (χ2n) is 9.56. The summed E-state index contributed by atoms with van der Waals surface area (Å²) in [4.78, 5) is 24.5. The van der Waals surface area contributed by atoms with Gasteiger partial charge in [-0.3, -0.25) is 0 Å². The second-order valence-corrected chi connectivity index (χ2v) is 15.2. The molecule has 0 saturated carbocycles. The smallest absolute Gasteiger partial charge is 0.337 e. The fraction of sp³-hybridized carbons (Fsp3) is 0.680. The van der Waals surface area contributed by atoms with E-state index in [1.54, 1.807) is 13.8 Å². The highest BCUT2D eigenvalue weighted by atomic mass is 28.3. The summed E-state index contributed by atoms with van der Waals surface area (Å²) in [6, 6.07) is 9.81. The fourth-order valence-corrected chi connectivity index (χ4v) is 4.85. The van der Waals surface area contributed by atoms with Gasteiger partial charge in [-0.2, -0.15) is 0 Å². The van der Waals surface area contributed by atoms with E-state index in [0.717, 1.165) is 12.0 Å². The third-order valence-electron chi connectivity index (χ3n) is 5.50. The molecule has 1 rings (SSSR count). The van der Waals surface area contributed by atoms with E-state index < -0.39 is 25.6 Å². The Balaban J connectivity index is 2.46. The molecule has 0 fully saturated rings. The van der Waals surface area contributed by atoms with E-state index in [-0.39, 0.29) is 19.6 Å². The van der Waals surface area contributed by atoms with E-state index >= 15 is 0 Å². The number of esters is 2. The van der Waals surface area contributed by atoms with Gasteiger partial charge in [-0.05, 0) is 50.7 Å². The molecule has 0 aliphatic heterocycles. The topological polar surface area (TPSA) is 78.6 Å². The SMILES string of the molecule is CCOC(=O)C(N)(CCc1ccc(CCCCCCC[Si](C)(C)C)cc1)C(=O)OCC. The lowest BCUT2D eigenvalue weighted by atomic mass is 9.91. The van der Waals surface area contributed by atoms with Crippen molar-refractivity contribution in [2.24, 2.45) is 5.73 Å². The predicted molar refractivity (Wildman–Crippen MR) is 130 cm³/mol. The molecule has 0 aliphatic rings. The zero-order valence-electron chi connectivity index (χ0n) is 20.3. The Morgan fingerprint density at radius 1 is 0.806 bits per heavy atom. The normalized spacial score (nSPS) is 11.9. The second kappa shape index (κ2) is 13.7. The first-order chi connectivity index (χ1) is 14.6.